The monoisotopic (exact) mass is 308 g/mol. The summed E-state index contributed by atoms with van der Waals surface area (Å²) in [6.45, 7) is 2.14. The first-order valence-electron chi connectivity index (χ1n) is 5.48. The Bertz CT molecular complexity index is 546. The zero-order valence-corrected chi connectivity index (χ0v) is 11.5. The van der Waals surface area contributed by atoms with E-state index in [1.165, 1.54) is 0 Å². The molecule has 1 N–H and O–H groups in total. The number of aromatic nitrogens is 2. The fourth-order valence-electron chi connectivity index (χ4n) is 1.54. The van der Waals surface area contributed by atoms with Gasteiger partial charge in [-0.05, 0) is 41.1 Å². The first kappa shape index (κ1) is 13.0. The molecule has 2 aromatic rings. The quantitative estimate of drug-likeness (QED) is 0.943. The number of pyridine rings is 2. The molecule has 0 spiro atoms. The maximum absolute atomic E-state index is 9.22. The van der Waals surface area contributed by atoms with Crippen molar-refractivity contribution in [1.29, 1.82) is 0 Å². The smallest absolute Gasteiger partial charge is 0.143 e. The Morgan fingerprint density at radius 2 is 2.17 bits per heavy atom. The molecule has 0 bridgehead atoms. The van der Waals surface area contributed by atoms with Gasteiger partial charge in [-0.1, -0.05) is 0 Å². The van der Waals surface area contributed by atoms with Crippen LogP contribution in [-0.2, 0) is 13.2 Å². The zero-order valence-electron chi connectivity index (χ0n) is 9.93. The lowest BCUT2D eigenvalue weighted by atomic mass is 10.3. The molecule has 2 heterocycles. The van der Waals surface area contributed by atoms with E-state index in [0.717, 1.165) is 15.7 Å². The molecule has 4 nitrogen and oxygen atoms in total. The van der Waals surface area contributed by atoms with Gasteiger partial charge in [0, 0.05) is 28.1 Å². The van der Waals surface area contributed by atoms with Crippen LogP contribution in [0.15, 0.2) is 35.1 Å². The van der Waals surface area contributed by atoms with E-state index in [9.17, 15) is 5.11 Å². The third-order valence-electron chi connectivity index (χ3n) is 2.38. The molecular formula is C13H13BrN2O2. The molecule has 0 fully saturated rings. The van der Waals surface area contributed by atoms with Crippen LogP contribution in [0, 0.1) is 6.92 Å². The number of halogens is 1. The Kier molecular flexibility index (Phi) is 4.28. The number of rotatable bonds is 4. The molecule has 0 saturated heterocycles. The molecule has 0 saturated carbocycles. The molecule has 2 aromatic heterocycles. The highest BCUT2D eigenvalue weighted by Gasteiger charge is 2.05. The number of nitrogens with zero attached hydrogens (tertiary/aromatic N) is 2. The molecule has 0 atom stereocenters. The summed E-state index contributed by atoms with van der Waals surface area (Å²) in [5.41, 5.74) is 2.36. The predicted octanol–water partition coefficient (Wildman–Crippen LogP) is 2.62. The largest absolute Gasteiger partial charge is 0.487 e. The minimum absolute atomic E-state index is 0.131. The molecule has 0 aliphatic carbocycles. The van der Waals surface area contributed by atoms with E-state index in [0.29, 0.717) is 18.1 Å². The van der Waals surface area contributed by atoms with Crippen molar-refractivity contribution >= 4 is 15.9 Å². The Balaban J connectivity index is 2.10. The zero-order chi connectivity index (χ0) is 13.0. The van der Waals surface area contributed by atoms with Crippen molar-refractivity contribution < 1.29 is 9.84 Å². The van der Waals surface area contributed by atoms with Crippen LogP contribution in [0.3, 0.4) is 0 Å². The fourth-order valence-corrected chi connectivity index (χ4v) is 1.95. The summed E-state index contributed by atoms with van der Waals surface area (Å²) in [5.74, 6) is 0.600. The van der Waals surface area contributed by atoms with Crippen LogP contribution in [0.5, 0.6) is 5.75 Å². The Hall–Kier alpha value is -1.46. The molecule has 2 rings (SSSR count). The minimum atomic E-state index is -0.131. The average molecular weight is 309 g/mol. The molecule has 5 heteroatoms. The SMILES string of the molecule is Cc1ccc(OCc2cncc(Br)c2)c(CO)n1. The number of hydrogen-bond acceptors (Lipinski definition) is 4. The maximum Gasteiger partial charge on any atom is 0.143 e. The molecule has 0 amide bonds. The summed E-state index contributed by atoms with van der Waals surface area (Å²) >= 11 is 3.36. The molecule has 18 heavy (non-hydrogen) atoms. The van der Waals surface area contributed by atoms with E-state index < -0.39 is 0 Å². The Morgan fingerprint density at radius 1 is 1.33 bits per heavy atom. The summed E-state index contributed by atoms with van der Waals surface area (Å²) in [7, 11) is 0. The lowest BCUT2D eigenvalue weighted by Crippen LogP contribution is -2.01. The van der Waals surface area contributed by atoms with Crippen molar-refractivity contribution in [3.63, 3.8) is 0 Å². The summed E-state index contributed by atoms with van der Waals surface area (Å²) in [6.07, 6.45) is 3.46. The van der Waals surface area contributed by atoms with Crippen molar-refractivity contribution in [3.8, 4) is 5.75 Å². The van der Waals surface area contributed by atoms with Crippen LogP contribution < -0.4 is 4.74 Å². The van der Waals surface area contributed by atoms with Crippen molar-refractivity contribution in [1.82, 2.24) is 9.97 Å². The van der Waals surface area contributed by atoms with Crippen LogP contribution in [0.2, 0.25) is 0 Å². The van der Waals surface area contributed by atoms with Crippen LogP contribution in [0.25, 0.3) is 0 Å². The van der Waals surface area contributed by atoms with Gasteiger partial charge in [0.15, 0.2) is 0 Å². The van der Waals surface area contributed by atoms with Crippen LogP contribution >= 0.6 is 15.9 Å². The van der Waals surface area contributed by atoms with E-state index in [-0.39, 0.29) is 6.61 Å². The minimum Gasteiger partial charge on any atom is -0.487 e. The first-order valence-corrected chi connectivity index (χ1v) is 6.28. The van der Waals surface area contributed by atoms with Gasteiger partial charge in [0.2, 0.25) is 0 Å². The summed E-state index contributed by atoms with van der Waals surface area (Å²) in [5, 5.41) is 9.22. The highest BCUT2D eigenvalue weighted by molar-refractivity contribution is 9.10. The third kappa shape index (κ3) is 3.27. The van der Waals surface area contributed by atoms with Gasteiger partial charge in [-0.15, -0.1) is 0 Å². The van der Waals surface area contributed by atoms with Gasteiger partial charge >= 0.3 is 0 Å². The topological polar surface area (TPSA) is 55.2 Å². The summed E-state index contributed by atoms with van der Waals surface area (Å²) in [4.78, 5) is 8.28. The average Bonchev–Trinajstić information content (AvgIpc) is 2.37. The van der Waals surface area contributed by atoms with Crippen molar-refractivity contribution in [2.75, 3.05) is 0 Å². The van der Waals surface area contributed by atoms with Gasteiger partial charge in [0.1, 0.15) is 18.1 Å². The molecule has 0 unspecified atom stereocenters. The molecule has 94 valence electrons. The second-order valence-corrected chi connectivity index (χ2v) is 4.77. The standard InChI is InChI=1S/C13H13BrN2O2/c1-9-2-3-13(12(7-17)16-9)18-8-10-4-11(14)6-15-5-10/h2-6,17H,7-8H2,1H3. The fraction of sp³-hybridized carbons (Fsp3) is 0.231. The van der Waals surface area contributed by atoms with E-state index in [1.54, 1.807) is 12.4 Å². The van der Waals surface area contributed by atoms with Gasteiger partial charge in [0.05, 0.1) is 6.61 Å². The Labute approximate surface area is 114 Å². The van der Waals surface area contributed by atoms with Gasteiger partial charge in [-0.25, -0.2) is 0 Å². The predicted molar refractivity (Wildman–Crippen MR) is 71.2 cm³/mol. The van der Waals surface area contributed by atoms with E-state index in [2.05, 4.69) is 25.9 Å². The van der Waals surface area contributed by atoms with E-state index in [4.69, 9.17) is 4.74 Å². The van der Waals surface area contributed by atoms with Crippen molar-refractivity contribution in [2.45, 2.75) is 20.1 Å². The van der Waals surface area contributed by atoms with Gasteiger partial charge in [-0.2, -0.15) is 0 Å². The summed E-state index contributed by atoms with van der Waals surface area (Å²) in [6, 6.07) is 5.61. The highest BCUT2D eigenvalue weighted by atomic mass is 79.9. The highest BCUT2D eigenvalue weighted by Crippen LogP contribution is 2.19. The maximum atomic E-state index is 9.22. The molecule has 0 aromatic carbocycles. The van der Waals surface area contributed by atoms with Crippen molar-refractivity contribution in [3.05, 3.63) is 52.0 Å². The lowest BCUT2D eigenvalue weighted by Gasteiger charge is -2.10. The van der Waals surface area contributed by atoms with Crippen molar-refractivity contribution in [2.24, 2.45) is 0 Å². The number of aliphatic hydroxyl groups is 1. The van der Waals surface area contributed by atoms with Crippen LogP contribution in [0.1, 0.15) is 17.0 Å². The second kappa shape index (κ2) is 5.93. The lowest BCUT2D eigenvalue weighted by molar-refractivity contribution is 0.253. The van der Waals surface area contributed by atoms with Gasteiger partial charge < -0.3 is 9.84 Å². The second-order valence-electron chi connectivity index (χ2n) is 3.86. The molecular weight excluding hydrogens is 296 g/mol. The van der Waals surface area contributed by atoms with Gasteiger partial charge in [0.25, 0.3) is 0 Å². The third-order valence-corrected chi connectivity index (χ3v) is 2.81. The number of aryl methyl sites for hydroxylation is 1. The normalized spacial score (nSPS) is 10.4. The molecule has 0 radical (unpaired) electrons. The van der Waals surface area contributed by atoms with Crippen LogP contribution in [-0.4, -0.2) is 15.1 Å². The van der Waals surface area contributed by atoms with Gasteiger partial charge in [-0.3, -0.25) is 9.97 Å². The first-order chi connectivity index (χ1) is 8.69. The summed E-state index contributed by atoms with van der Waals surface area (Å²) < 4.78 is 6.55. The molecule has 0 aliphatic heterocycles. The van der Waals surface area contributed by atoms with E-state index >= 15 is 0 Å². The molecule has 0 aliphatic rings. The number of hydrogen-bond donors (Lipinski definition) is 1. The Morgan fingerprint density at radius 3 is 2.89 bits per heavy atom. The van der Waals surface area contributed by atoms with Crippen LogP contribution in [0.4, 0.5) is 0 Å². The van der Waals surface area contributed by atoms with E-state index in [1.807, 2.05) is 25.1 Å². The number of ether oxygens (including phenoxy) is 1. The number of aliphatic hydroxyl groups excluding tert-OH is 1.